The van der Waals surface area contributed by atoms with Gasteiger partial charge in [0.15, 0.2) is 0 Å². The maximum absolute atomic E-state index is 9.01. The summed E-state index contributed by atoms with van der Waals surface area (Å²) in [6, 6.07) is 38.9. The van der Waals surface area contributed by atoms with Crippen LogP contribution >= 0.6 is 0 Å². The zero-order valence-corrected chi connectivity index (χ0v) is 20.9. The molecule has 0 fully saturated rings. The monoisotopic (exact) mass is 627 g/mol. The molecule has 0 saturated heterocycles. The van der Waals surface area contributed by atoms with Crippen molar-refractivity contribution in [1.29, 1.82) is 5.26 Å². The van der Waals surface area contributed by atoms with Crippen LogP contribution in [0.25, 0.3) is 38.5 Å². The molecule has 169 valence electrons. The zero-order valence-electron chi connectivity index (χ0n) is 18.5. The van der Waals surface area contributed by atoms with Gasteiger partial charge in [-0.25, -0.2) is 5.26 Å². The number of hydrogen-bond acceptors (Lipinski definition) is 3. The van der Waals surface area contributed by atoms with Crippen LogP contribution in [-0.2, 0) is 20.1 Å². The molecule has 0 aliphatic carbocycles. The van der Waals surface area contributed by atoms with Crippen LogP contribution < -0.4 is 0 Å². The molecule has 0 spiro atoms. The zero-order chi connectivity index (χ0) is 23.6. The summed E-state index contributed by atoms with van der Waals surface area (Å²) < 4.78 is 0. The van der Waals surface area contributed by atoms with Gasteiger partial charge in [0, 0.05) is 38.6 Å². The van der Waals surface area contributed by atoms with Crippen molar-refractivity contribution in [2.45, 2.75) is 0 Å². The van der Waals surface area contributed by atoms with Crippen LogP contribution in [0.3, 0.4) is 0 Å². The van der Waals surface area contributed by atoms with Crippen molar-refractivity contribution in [3.8, 4) is 39.7 Å². The van der Waals surface area contributed by atoms with E-state index in [9.17, 15) is 0 Å². The van der Waals surface area contributed by atoms with Crippen molar-refractivity contribution in [2.24, 2.45) is 0 Å². The van der Waals surface area contributed by atoms with Gasteiger partial charge in [-0.15, -0.1) is 59.7 Å². The van der Waals surface area contributed by atoms with Crippen molar-refractivity contribution >= 4 is 5.69 Å². The number of benzene rings is 3. The molecule has 5 aromatic rings. The van der Waals surface area contributed by atoms with E-state index in [1.807, 2.05) is 91.0 Å². The second-order valence-corrected chi connectivity index (χ2v) is 7.13. The van der Waals surface area contributed by atoms with E-state index < -0.39 is 0 Å². The first-order chi connectivity index (χ1) is 16.8. The minimum atomic E-state index is 0. The third kappa shape index (κ3) is 6.34. The number of nitrogens with zero attached hydrogens (tertiary/aromatic N) is 4. The minimum absolute atomic E-state index is 0. The number of hydrogen-bond donors (Lipinski definition) is 0. The molecule has 0 amide bonds. The van der Waals surface area contributed by atoms with Crippen LogP contribution in [0.4, 0.5) is 5.69 Å². The number of pyridine rings is 2. The van der Waals surface area contributed by atoms with Gasteiger partial charge in [-0.3, -0.25) is 4.85 Å². The quantitative estimate of drug-likeness (QED) is 0.199. The Morgan fingerprint density at radius 1 is 0.800 bits per heavy atom. The first-order valence-electron chi connectivity index (χ1n) is 10.5. The molecule has 2 heterocycles. The fourth-order valence-electron chi connectivity index (χ4n) is 3.34. The molecule has 3 aromatic carbocycles. The Kier molecular flexibility index (Phi) is 9.17. The number of rotatable bonds is 3. The molecule has 5 rings (SSSR count). The van der Waals surface area contributed by atoms with Crippen molar-refractivity contribution in [3.05, 3.63) is 139 Å². The van der Waals surface area contributed by atoms with Crippen LogP contribution in [0.5, 0.6) is 0 Å². The van der Waals surface area contributed by atoms with Crippen LogP contribution in [0, 0.1) is 30.0 Å². The van der Waals surface area contributed by atoms with Crippen molar-refractivity contribution < 1.29 is 20.1 Å². The summed E-state index contributed by atoms with van der Waals surface area (Å²) in [7, 11) is 0. The van der Waals surface area contributed by atoms with E-state index in [2.05, 4.69) is 26.9 Å². The maximum atomic E-state index is 9.01. The molecule has 2 aromatic heterocycles. The largest absolute Gasteiger partial charge is 0.305 e. The van der Waals surface area contributed by atoms with E-state index in [-0.39, 0.29) is 20.1 Å². The smallest absolute Gasteiger partial charge is 0.125 e. The normalized spacial score (nSPS) is 9.43. The van der Waals surface area contributed by atoms with Crippen LogP contribution in [0.1, 0.15) is 5.56 Å². The van der Waals surface area contributed by atoms with Crippen molar-refractivity contribution in [2.75, 3.05) is 0 Å². The Balaban J connectivity index is 0.000000223. The van der Waals surface area contributed by atoms with Gasteiger partial charge in [0.2, 0.25) is 0 Å². The Morgan fingerprint density at radius 2 is 1.57 bits per heavy atom. The minimum Gasteiger partial charge on any atom is -0.305 e. The van der Waals surface area contributed by atoms with Crippen LogP contribution in [-0.4, -0.2) is 9.97 Å². The summed E-state index contributed by atoms with van der Waals surface area (Å²) in [6.07, 6.45) is 3.50. The molecule has 5 heteroatoms. The Hall–Kier alpha value is -4.41. The summed E-state index contributed by atoms with van der Waals surface area (Å²) in [6.45, 7) is 7.20. The molecule has 0 aliphatic heterocycles. The summed E-state index contributed by atoms with van der Waals surface area (Å²) in [4.78, 5) is 12.1. The molecule has 0 bridgehead atoms. The van der Waals surface area contributed by atoms with E-state index >= 15 is 0 Å². The molecule has 4 nitrogen and oxygen atoms in total. The number of nitriles is 1. The second kappa shape index (κ2) is 12.7. The van der Waals surface area contributed by atoms with Gasteiger partial charge in [0.05, 0.1) is 6.57 Å². The first-order valence-corrected chi connectivity index (χ1v) is 10.5. The molecule has 0 atom stereocenters. The Labute approximate surface area is 218 Å². The molecule has 0 N–H and O–H groups in total. The third-order valence-corrected chi connectivity index (χ3v) is 4.97. The molecule has 0 saturated carbocycles. The fourth-order valence-corrected chi connectivity index (χ4v) is 3.34. The molecule has 1 radical (unpaired) electrons. The van der Waals surface area contributed by atoms with E-state index in [0.29, 0.717) is 16.8 Å². The van der Waals surface area contributed by atoms with E-state index in [1.54, 1.807) is 24.5 Å². The fraction of sp³-hybridized carbons (Fsp3) is 0. The van der Waals surface area contributed by atoms with E-state index in [0.717, 1.165) is 28.1 Å². The molecule has 35 heavy (non-hydrogen) atoms. The van der Waals surface area contributed by atoms with E-state index in [1.165, 1.54) is 0 Å². The van der Waals surface area contributed by atoms with Gasteiger partial charge >= 0.3 is 0 Å². The topological polar surface area (TPSA) is 53.9 Å². The predicted octanol–water partition coefficient (Wildman–Crippen LogP) is 7.18. The van der Waals surface area contributed by atoms with Gasteiger partial charge < -0.3 is 9.97 Å². The summed E-state index contributed by atoms with van der Waals surface area (Å²) >= 11 is 0. The van der Waals surface area contributed by atoms with Crippen molar-refractivity contribution in [1.82, 2.24) is 9.97 Å². The van der Waals surface area contributed by atoms with Gasteiger partial charge in [-0.05, 0) is 40.2 Å². The van der Waals surface area contributed by atoms with Gasteiger partial charge in [-0.2, -0.15) is 0 Å². The van der Waals surface area contributed by atoms with Crippen molar-refractivity contribution in [3.63, 3.8) is 0 Å². The SMILES string of the molecule is [C-]#[N+]c1cc(-c2ncccc2-c2ccccc2)[c-]cc1C#N.[Ir].[c-]1ccccc1-c1ccccn1. The van der Waals surface area contributed by atoms with Gasteiger partial charge in [0.1, 0.15) is 5.69 Å². The predicted molar refractivity (Wildman–Crippen MR) is 133 cm³/mol. The third-order valence-electron chi connectivity index (χ3n) is 4.97. The molecular weight excluding hydrogens is 609 g/mol. The molecule has 0 aliphatic rings. The first kappa shape index (κ1) is 25.2. The second-order valence-electron chi connectivity index (χ2n) is 7.13. The number of aromatic nitrogens is 2. The summed E-state index contributed by atoms with van der Waals surface area (Å²) in [5.74, 6) is 0. The van der Waals surface area contributed by atoms with Crippen LogP contribution in [0.15, 0.2) is 109 Å². The van der Waals surface area contributed by atoms with Gasteiger partial charge in [-0.1, -0.05) is 48.5 Å². The average Bonchev–Trinajstić information content (AvgIpc) is 2.94. The summed E-state index contributed by atoms with van der Waals surface area (Å²) in [5, 5.41) is 9.01. The standard InChI is InChI=1S/C19H10N3.C11H8N.Ir/c1-21-18-12-15(9-10-16(18)13-20)19-17(8-5-11-22-19)14-6-3-2-4-7-14;1-2-6-10(7-3-1)11-8-4-5-9-12-11;/h2-8,10-12H;1-6,8-9H;/q2*-1;. The molecular formula is C30H18IrN4-2. The summed E-state index contributed by atoms with van der Waals surface area (Å²) in [5.41, 5.74) is 6.15. The Bertz CT molecular complexity index is 1420. The molecule has 0 unspecified atom stereocenters. The van der Waals surface area contributed by atoms with Crippen LogP contribution in [0.2, 0.25) is 0 Å². The van der Waals surface area contributed by atoms with Gasteiger partial charge in [0.25, 0.3) is 0 Å². The van der Waals surface area contributed by atoms with E-state index in [4.69, 9.17) is 11.8 Å². The maximum Gasteiger partial charge on any atom is 0.125 e. The average molecular weight is 627 g/mol. The Morgan fingerprint density at radius 3 is 2.26 bits per heavy atom.